The highest BCUT2D eigenvalue weighted by molar-refractivity contribution is 9.10. The highest BCUT2D eigenvalue weighted by Gasteiger charge is 2.39. The summed E-state index contributed by atoms with van der Waals surface area (Å²) < 4.78 is 33.1. The van der Waals surface area contributed by atoms with Crippen molar-refractivity contribution in [3.8, 4) is 5.75 Å². The number of benzene rings is 1. The molecule has 19 heavy (non-hydrogen) atoms. The quantitative estimate of drug-likeness (QED) is 0.798. The van der Waals surface area contributed by atoms with Crippen molar-refractivity contribution in [2.45, 2.75) is 30.7 Å². The van der Waals surface area contributed by atoms with Crippen molar-refractivity contribution in [3.63, 3.8) is 0 Å². The summed E-state index contributed by atoms with van der Waals surface area (Å²) in [5.41, 5.74) is 6.11. The van der Waals surface area contributed by atoms with Gasteiger partial charge in [-0.15, -0.1) is 0 Å². The van der Waals surface area contributed by atoms with Gasteiger partial charge in [-0.25, -0.2) is 13.1 Å². The number of methoxy groups -OCH3 is 1. The Labute approximate surface area is 121 Å². The number of nitrogens with two attached hydrogens (primary N) is 1. The molecule has 1 aromatic rings. The van der Waals surface area contributed by atoms with Crippen LogP contribution >= 0.6 is 15.9 Å². The van der Waals surface area contributed by atoms with Crippen LogP contribution in [0.4, 0.5) is 5.69 Å². The Bertz CT molecular complexity index is 589. The van der Waals surface area contributed by atoms with Crippen molar-refractivity contribution in [3.05, 3.63) is 16.6 Å². The van der Waals surface area contributed by atoms with Gasteiger partial charge in [0.05, 0.1) is 7.11 Å². The smallest absolute Gasteiger partial charge is 0.244 e. The van der Waals surface area contributed by atoms with Gasteiger partial charge in [0.2, 0.25) is 10.0 Å². The lowest BCUT2D eigenvalue weighted by Gasteiger charge is -2.12. The molecule has 1 aromatic carbocycles. The molecule has 3 N–H and O–H groups in total. The molecule has 2 unspecified atom stereocenters. The summed E-state index contributed by atoms with van der Waals surface area (Å²) in [7, 11) is -2.16. The Morgan fingerprint density at radius 2 is 2.21 bits per heavy atom. The molecular formula is C12H17BrN2O3S. The molecule has 7 heteroatoms. The van der Waals surface area contributed by atoms with Crippen molar-refractivity contribution in [2.24, 2.45) is 5.92 Å². The first-order chi connectivity index (χ1) is 8.89. The van der Waals surface area contributed by atoms with E-state index in [0.29, 0.717) is 16.1 Å². The van der Waals surface area contributed by atoms with Crippen LogP contribution in [0.1, 0.15) is 19.8 Å². The van der Waals surface area contributed by atoms with Crippen molar-refractivity contribution in [1.82, 2.24) is 4.72 Å². The molecular weight excluding hydrogens is 332 g/mol. The molecule has 2 atom stereocenters. The number of nitrogen functional groups attached to an aromatic ring is 1. The van der Waals surface area contributed by atoms with E-state index in [-0.39, 0.29) is 16.7 Å². The van der Waals surface area contributed by atoms with E-state index in [1.807, 2.05) is 0 Å². The van der Waals surface area contributed by atoms with Crippen LogP contribution in [-0.4, -0.2) is 21.6 Å². The average molecular weight is 349 g/mol. The Kier molecular flexibility index (Phi) is 4.08. The van der Waals surface area contributed by atoms with Gasteiger partial charge in [0, 0.05) is 16.2 Å². The predicted octanol–water partition coefficient (Wildman–Crippen LogP) is 2.12. The molecule has 0 aromatic heterocycles. The summed E-state index contributed by atoms with van der Waals surface area (Å²) in [5.74, 6) is 0.718. The zero-order chi connectivity index (χ0) is 14.2. The lowest BCUT2D eigenvalue weighted by Crippen LogP contribution is -2.27. The third-order valence-electron chi connectivity index (χ3n) is 3.33. The normalized spacial score (nSPS) is 22.3. The lowest BCUT2D eigenvalue weighted by atomic mass is 10.3. The highest BCUT2D eigenvalue weighted by Crippen LogP contribution is 2.37. The standard InChI is InChI=1S/C12H17BrN2O3S/c1-3-7-4-10(7)15-19(16,17)12-6-9(14)8(13)5-11(12)18-2/h5-7,10,15H,3-4,14H2,1-2H3. The van der Waals surface area contributed by atoms with Gasteiger partial charge in [-0.3, -0.25) is 0 Å². The van der Waals surface area contributed by atoms with Crippen LogP contribution in [0.5, 0.6) is 5.75 Å². The zero-order valence-corrected chi connectivity index (χ0v) is 13.2. The van der Waals surface area contributed by atoms with E-state index in [2.05, 4.69) is 27.6 Å². The maximum Gasteiger partial charge on any atom is 0.244 e. The fourth-order valence-electron chi connectivity index (χ4n) is 2.03. The van der Waals surface area contributed by atoms with Crippen LogP contribution in [0.3, 0.4) is 0 Å². The number of sulfonamides is 1. The largest absolute Gasteiger partial charge is 0.495 e. The third-order valence-corrected chi connectivity index (χ3v) is 5.52. The molecule has 1 saturated carbocycles. The first-order valence-electron chi connectivity index (χ1n) is 6.04. The van der Waals surface area contributed by atoms with Gasteiger partial charge in [-0.2, -0.15) is 0 Å². The van der Waals surface area contributed by atoms with E-state index in [1.165, 1.54) is 13.2 Å². The summed E-state index contributed by atoms with van der Waals surface area (Å²) in [6.45, 7) is 2.05. The molecule has 0 bridgehead atoms. The molecule has 0 radical (unpaired) electrons. The third kappa shape index (κ3) is 3.04. The monoisotopic (exact) mass is 348 g/mol. The van der Waals surface area contributed by atoms with Crippen LogP contribution in [-0.2, 0) is 10.0 Å². The maximum absolute atomic E-state index is 12.3. The van der Waals surface area contributed by atoms with E-state index in [1.54, 1.807) is 6.07 Å². The number of hydrogen-bond donors (Lipinski definition) is 2. The van der Waals surface area contributed by atoms with Crippen LogP contribution in [0.2, 0.25) is 0 Å². The van der Waals surface area contributed by atoms with E-state index in [0.717, 1.165) is 12.8 Å². The molecule has 1 aliphatic rings. The van der Waals surface area contributed by atoms with Crippen LogP contribution in [0.25, 0.3) is 0 Å². The van der Waals surface area contributed by atoms with Gasteiger partial charge in [-0.05, 0) is 40.4 Å². The molecule has 2 rings (SSSR count). The summed E-state index contributed by atoms with van der Waals surface area (Å²) in [6.07, 6.45) is 1.87. The van der Waals surface area contributed by atoms with Gasteiger partial charge >= 0.3 is 0 Å². The van der Waals surface area contributed by atoms with Gasteiger partial charge < -0.3 is 10.5 Å². The molecule has 1 aliphatic carbocycles. The maximum atomic E-state index is 12.3. The second-order valence-electron chi connectivity index (χ2n) is 4.66. The van der Waals surface area contributed by atoms with Crippen molar-refractivity contribution in [1.29, 1.82) is 0 Å². The van der Waals surface area contributed by atoms with E-state index >= 15 is 0 Å². The molecule has 1 fully saturated rings. The van der Waals surface area contributed by atoms with Gasteiger partial charge in [-0.1, -0.05) is 13.3 Å². The summed E-state index contributed by atoms with van der Waals surface area (Å²) in [5, 5.41) is 0. The topological polar surface area (TPSA) is 81.4 Å². The molecule has 106 valence electrons. The molecule has 0 aliphatic heterocycles. The second kappa shape index (κ2) is 5.30. The Balaban J connectivity index is 2.32. The van der Waals surface area contributed by atoms with Crippen LogP contribution in [0, 0.1) is 5.92 Å². The second-order valence-corrected chi connectivity index (χ2v) is 7.19. The zero-order valence-electron chi connectivity index (χ0n) is 10.8. The van der Waals surface area contributed by atoms with Gasteiger partial charge in [0.1, 0.15) is 10.6 Å². The average Bonchev–Trinajstić information content (AvgIpc) is 3.09. The first kappa shape index (κ1) is 14.6. The van der Waals surface area contributed by atoms with E-state index in [4.69, 9.17) is 10.5 Å². The van der Waals surface area contributed by atoms with Crippen molar-refractivity contribution >= 4 is 31.6 Å². The fraction of sp³-hybridized carbons (Fsp3) is 0.500. The van der Waals surface area contributed by atoms with E-state index in [9.17, 15) is 8.42 Å². The number of hydrogen-bond acceptors (Lipinski definition) is 4. The van der Waals surface area contributed by atoms with Gasteiger partial charge in [0.25, 0.3) is 0 Å². The number of halogens is 1. The minimum Gasteiger partial charge on any atom is -0.495 e. The number of rotatable bonds is 5. The lowest BCUT2D eigenvalue weighted by molar-refractivity contribution is 0.402. The highest BCUT2D eigenvalue weighted by atomic mass is 79.9. The molecule has 0 heterocycles. The minimum absolute atomic E-state index is 0.0320. The van der Waals surface area contributed by atoms with Crippen molar-refractivity contribution < 1.29 is 13.2 Å². The summed E-state index contributed by atoms with van der Waals surface area (Å²) >= 11 is 3.25. The molecule has 0 amide bonds. The molecule has 5 nitrogen and oxygen atoms in total. The van der Waals surface area contributed by atoms with Crippen LogP contribution < -0.4 is 15.2 Å². The predicted molar refractivity (Wildman–Crippen MR) is 77.6 cm³/mol. The molecule has 0 spiro atoms. The SMILES string of the molecule is CCC1CC1NS(=O)(=O)c1cc(N)c(Br)cc1OC. The minimum atomic E-state index is -3.60. The Hall–Kier alpha value is -0.790. The summed E-state index contributed by atoms with van der Waals surface area (Å²) in [4.78, 5) is 0.0810. The first-order valence-corrected chi connectivity index (χ1v) is 8.32. The number of ether oxygens (including phenoxy) is 1. The fourth-order valence-corrected chi connectivity index (χ4v) is 3.85. The molecule has 0 saturated heterocycles. The van der Waals surface area contributed by atoms with E-state index < -0.39 is 10.0 Å². The summed E-state index contributed by atoms with van der Waals surface area (Å²) in [6, 6.07) is 3.01. The Morgan fingerprint density at radius 1 is 1.53 bits per heavy atom. The number of anilines is 1. The van der Waals surface area contributed by atoms with Gasteiger partial charge in [0.15, 0.2) is 0 Å². The van der Waals surface area contributed by atoms with Crippen LogP contribution in [0.15, 0.2) is 21.5 Å². The Morgan fingerprint density at radius 3 is 2.74 bits per heavy atom. The van der Waals surface area contributed by atoms with Crippen molar-refractivity contribution in [2.75, 3.05) is 12.8 Å². The number of nitrogens with one attached hydrogen (secondary N) is 1.